The van der Waals surface area contributed by atoms with Gasteiger partial charge in [-0.1, -0.05) is 0 Å². The second-order valence-corrected chi connectivity index (χ2v) is 4.01. The van der Waals surface area contributed by atoms with Crippen LogP contribution in [0.25, 0.3) is 0 Å². The van der Waals surface area contributed by atoms with E-state index in [0.29, 0.717) is 17.8 Å². The van der Waals surface area contributed by atoms with Gasteiger partial charge in [0.2, 0.25) is 0 Å². The number of aromatic amines is 1. The minimum atomic E-state index is -1.53. The molecular formula is C12H9F2N3O3. The number of amides is 1. The standard InChI is InChI=1S/C12H9F2N3O3/c1-5-2-10(17-16-5)15-11(18)6-3-8(13)9(14)4-7(6)12(19)20/h2-4H,1H3,(H,19,20)(H2,15,16,17,18). The van der Waals surface area contributed by atoms with Crippen LogP contribution in [0.1, 0.15) is 26.4 Å². The molecule has 6 nitrogen and oxygen atoms in total. The molecule has 0 unspecified atom stereocenters. The van der Waals surface area contributed by atoms with E-state index in [2.05, 4.69) is 15.5 Å². The molecule has 2 rings (SSSR count). The van der Waals surface area contributed by atoms with Crippen molar-refractivity contribution in [1.82, 2.24) is 10.2 Å². The number of hydrogen-bond acceptors (Lipinski definition) is 3. The molecule has 0 atom stereocenters. The Kier molecular flexibility index (Phi) is 3.47. The molecule has 8 heteroatoms. The number of H-pyrrole nitrogens is 1. The van der Waals surface area contributed by atoms with Crippen LogP contribution in [0.4, 0.5) is 14.6 Å². The Morgan fingerprint density at radius 1 is 1.20 bits per heavy atom. The van der Waals surface area contributed by atoms with Crippen LogP contribution in [0.2, 0.25) is 0 Å². The van der Waals surface area contributed by atoms with Gasteiger partial charge in [0.15, 0.2) is 17.5 Å². The Bertz CT molecular complexity index is 697. The molecule has 3 N–H and O–H groups in total. The molecule has 0 aliphatic carbocycles. The van der Waals surface area contributed by atoms with Gasteiger partial charge in [-0.2, -0.15) is 5.10 Å². The molecule has 0 saturated heterocycles. The van der Waals surface area contributed by atoms with Gasteiger partial charge in [-0.15, -0.1) is 0 Å². The summed E-state index contributed by atoms with van der Waals surface area (Å²) in [4.78, 5) is 22.9. The van der Waals surface area contributed by atoms with Gasteiger partial charge in [0.05, 0.1) is 11.1 Å². The predicted octanol–water partition coefficient (Wildman–Crippen LogP) is 1.95. The Labute approximate surface area is 111 Å². The number of carboxylic acid groups (broad SMARTS) is 1. The number of benzene rings is 1. The number of aromatic carboxylic acids is 1. The molecule has 0 spiro atoms. The molecule has 1 aromatic carbocycles. The van der Waals surface area contributed by atoms with Gasteiger partial charge >= 0.3 is 5.97 Å². The lowest BCUT2D eigenvalue weighted by molar-refractivity contribution is 0.0691. The molecule has 20 heavy (non-hydrogen) atoms. The number of aromatic nitrogens is 2. The number of aryl methyl sites for hydroxylation is 1. The Hall–Kier alpha value is -2.77. The fourth-order valence-corrected chi connectivity index (χ4v) is 1.58. The molecule has 0 saturated carbocycles. The number of carboxylic acids is 1. The van der Waals surface area contributed by atoms with Crippen molar-refractivity contribution in [2.24, 2.45) is 0 Å². The van der Waals surface area contributed by atoms with Crippen molar-refractivity contribution in [2.45, 2.75) is 6.92 Å². The zero-order chi connectivity index (χ0) is 14.9. The SMILES string of the molecule is Cc1cc(NC(=O)c2cc(F)c(F)cc2C(=O)O)n[nH]1. The van der Waals surface area contributed by atoms with Crippen LogP contribution in [0.5, 0.6) is 0 Å². The number of halogens is 2. The van der Waals surface area contributed by atoms with Crippen molar-refractivity contribution < 1.29 is 23.5 Å². The Morgan fingerprint density at radius 2 is 1.80 bits per heavy atom. The first-order valence-corrected chi connectivity index (χ1v) is 5.44. The second-order valence-electron chi connectivity index (χ2n) is 4.01. The zero-order valence-corrected chi connectivity index (χ0v) is 10.2. The number of nitrogens with one attached hydrogen (secondary N) is 2. The Morgan fingerprint density at radius 3 is 2.30 bits per heavy atom. The van der Waals surface area contributed by atoms with Crippen LogP contribution in [0, 0.1) is 18.6 Å². The summed E-state index contributed by atoms with van der Waals surface area (Å²) in [6.07, 6.45) is 0. The summed E-state index contributed by atoms with van der Waals surface area (Å²) in [5, 5.41) is 17.5. The number of rotatable bonds is 3. The van der Waals surface area contributed by atoms with E-state index in [0.717, 1.165) is 0 Å². The van der Waals surface area contributed by atoms with Crippen molar-refractivity contribution in [3.63, 3.8) is 0 Å². The van der Waals surface area contributed by atoms with Crippen LogP contribution in [0.3, 0.4) is 0 Å². The third-order valence-electron chi connectivity index (χ3n) is 2.48. The van der Waals surface area contributed by atoms with Crippen molar-refractivity contribution in [1.29, 1.82) is 0 Å². The fourth-order valence-electron chi connectivity index (χ4n) is 1.58. The van der Waals surface area contributed by atoms with Gasteiger partial charge in [-0.05, 0) is 19.1 Å². The van der Waals surface area contributed by atoms with E-state index in [4.69, 9.17) is 5.11 Å². The van der Waals surface area contributed by atoms with E-state index in [1.807, 2.05) is 0 Å². The molecule has 1 amide bonds. The fraction of sp³-hybridized carbons (Fsp3) is 0.0833. The first kappa shape index (κ1) is 13.7. The van der Waals surface area contributed by atoms with E-state index >= 15 is 0 Å². The van der Waals surface area contributed by atoms with Crippen molar-refractivity contribution in [3.8, 4) is 0 Å². The number of hydrogen-bond donors (Lipinski definition) is 3. The maximum absolute atomic E-state index is 13.2. The van der Waals surface area contributed by atoms with E-state index in [1.165, 1.54) is 6.07 Å². The molecule has 0 aliphatic rings. The van der Waals surface area contributed by atoms with E-state index in [-0.39, 0.29) is 5.82 Å². The summed E-state index contributed by atoms with van der Waals surface area (Å²) < 4.78 is 26.2. The summed E-state index contributed by atoms with van der Waals surface area (Å²) in [7, 11) is 0. The topological polar surface area (TPSA) is 95.1 Å². The number of carbonyl (C=O) groups is 2. The molecule has 2 aromatic rings. The van der Waals surface area contributed by atoms with Gasteiger partial charge < -0.3 is 10.4 Å². The third kappa shape index (κ3) is 2.63. The third-order valence-corrected chi connectivity index (χ3v) is 2.48. The van der Waals surface area contributed by atoms with Crippen LogP contribution >= 0.6 is 0 Å². The molecule has 0 radical (unpaired) electrons. The maximum atomic E-state index is 13.2. The van der Waals surface area contributed by atoms with E-state index in [9.17, 15) is 18.4 Å². The number of anilines is 1. The van der Waals surface area contributed by atoms with Gasteiger partial charge in [-0.3, -0.25) is 9.89 Å². The largest absolute Gasteiger partial charge is 0.478 e. The first-order valence-electron chi connectivity index (χ1n) is 5.44. The van der Waals surface area contributed by atoms with Gasteiger partial charge in [0.25, 0.3) is 5.91 Å². The van der Waals surface area contributed by atoms with Gasteiger partial charge in [-0.25, -0.2) is 13.6 Å². The highest BCUT2D eigenvalue weighted by atomic mass is 19.2. The summed E-state index contributed by atoms with van der Waals surface area (Å²) in [6.45, 7) is 1.70. The van der Waals surface area contributed by atoms with E-state index < -0.39 is 34.6 Å². The number of carbonyl (C=O) groups excluding carboxylic acids is 1. The second kappa shape index (κ2) is 5.08. The summed E-state index contributed by atoms with van der Waals surface area (Å²) in [6, 6.07) is 2.49. The van der Waals surface area contributed by atoms with Crippen LogP contribution in [0.15, 0.2) is 18.2 Å². The first-order chi connectivity index (χ1) is 9.38. The lowest BCUT2D eigenvalue weighted by Crippen LogP contribution is -2.17. The highest BCUT2D eigenvalue weighted by Crippen LogP contribution is 2.17. The molecule has 104 valence electrons. The lowest BCUT2D eigenvalue weighted by atomic mass is 10.1. The summed E-state index contributed by atoms with van der Waals surface area (Å²) in [5.74, 6) is -4.93. The lowest BCUT2D eigenvalue weighted by Gasteiger charge is -2.06. The molecule has 0 bridgehead atoms. The summed E-state index contributed by atoms with van der Waals surface area (Å²) in [5.41, 5.74) is -0.449. The normalized spacial score (nSPS) is 10.3. The molecule has 0 fully saturated rings. The summed E-state index contributed by atoms with van der Waals surface area (Å²) >= 11 is 0. The molecule has 0 aliphatic heterocycles. The molecule has 1 aromatic heterocycles. The smallest absolute Gasteiger partial charge is 0.336 e. The van der Waals surface area contributed by atoms with Crippen LogP contribution in [-0.4, -0.2) is 27.2 Å². The molecule has 1 heterocycles. The van der Waals surface area contributed by atoms with Crippen LogP contribution < -0.4 is 5.32 Å². The quantitative estimate of drug-likeness (QED) is 0.801. The minimum Gasteiger partial charge on any atom is -0.478 e. The van der Waals surface area contributed by atoms with Gasteiger partial charge in [0, 0.05) is 11.8 Å². The predicted molar refractivity (Wildman–Crippen MR) is 64.6 cm³/mol. The molecular weight excluding hydrogens is 272 g/mol. The monoisotopic (exact) mass is 281 g/mol. The van der Waals surface area contributed by atoms with Crippen molar-refractivity contribution in [2.75, 3.05) is 5.32 Å². The highest BCUT2D eigenvalue weighted by molar-refractivity contribution is 6.10. The van der Waals surface area contributed by atoms with Gasteiger partial charge in [0.1, 0.15) is 0 Å². The highest BCUT2D eigenvalue weighted by Gasteiger charge is 2.21. The van der Waals surface area contributed by atoms with E-state index in [1.54, 1.807) is 6.92 Å². The zero-order valence-electron chi connectivity index (χ0n) is 10.2. The Balaban J connectivity index is 2.38. The number of nitrogens with zero attached hydrogens (tertiary/aromatic N) is 1. The van der Waals surface area contributed by atoms with Crippen molar-refractivity contribution in [3.05, 3.63) is 46.7 Å². The average molecular weight is 281 g/mol. The van der Waals surface area contributed by atoms with Crippen LogP contribution in [-0.2, 0) is 0 Å². The minimum absolute atomic E-state index is 0.147. The maximum Gasteiger partial charge on any atom is 0.336 e. The average Bonchev–Trinajstić information content (AvgIpc) is 2.77. The van der Waals surface area contributed by atoms with Crippen molar-refractivity contribution >= 4 is 17.7 Å².